The number of anilines is 1. The molecule has 1 aromatic heterocycles. The first kappa shape index (κ1) is 12.6. The number of para-hydroxylation sites is 1. The molecule has 0 radical (unpaired) electrons. The van der Waals surface area contributed by atoms with Crippen LogP contribution >= 0.6 is 0 Å². The van der Waals surface area contributed by atoms with Gasteiger partial charge in [0.1, 0.15) is 0 Å². The summed E-state index contributed by atoms with van der Waals surface area (Å²) in [5.41, 5.74) is 9.75. The Bertz CT molecular complexity index is 518. The minimum atomic E-state index is -0.0247. The second-order valence-electron chi connectivity index (χ2n) is 4.72. The van der Waals surface area contributed by atoms with Crippen LogP contribution in [0.1, 0.15) is 17.2 Å². The Morgan fingerprint density at radius 3 is 2.72 bits per heavy atom. The van der Waals surface area contributed by atoms with Crippen LogP contribution in [0.25, 0.3) is 0 Å². The fourth-order valence-corrected chi connectivity index (χ4v) is 2.12. The Balaban J connectivity index is 2.08. The molecule has 2 aromatic rings. The summed E-state index contributed by atoms with van der Waals surface area (Å²) in [6.45, 7) is 2.89. The average molecular weight is 244 g/mol. The van der Waals surface area contributed by atoms with Crippen LogP contribution in [0.2, 0.25) is 0 Å². The van der Waals surface area contributed by atoms with Gasteiger partial charge in [-0.3, -0.25) is 4.68 Å². The first-order chi connectivity index (χ1) is 8.58. The Morgan fingerprint density at radius 2 is 2.11 bits per heavy atom. The molecule has 0 saturated heterocycles. The van der Waals surface area contributed by atoms with Crippen molar-refractivity contribution in [2.24, 2.45) is 12.8 Å². The van der Waals surface area contributed by atoms with Crippen LogP contribution < -0.4 is 10.6 Å². The fraction of sp³-hybridized carbons (Fsp3) is 0.357. The molecule has 1 atom stereocenters. The maximum absolute atomic E-state index is 6.20. The van der Waals surface area contributed by atoms with Gasteiger partial charge < -0.3 is 10.6 Å². The first-order valence-corrected chi connectivity index (χ1v) is 6.09. The Kier molecular flexibility index (Phi) is 3.67. The highest BCUT2D eigenvalue weighted by atomic mass is 15.2. The number of nitrogens with zero attached hydrogens (tertiary/aromatic N) is 3. The summed E-state index contributed by atoms with van der Waals surface area (Å²) in [6, 6.07) is 8.30. The number of rotatable bonds is 4. The Hall–Kier alpha value is -1.81. The molecule has 0 bridgehead atoms. The highest BCUT2D eigenvalue weighted by Gasteiger charge is 2.12. The van der Waals surface area contributed by atoms with Gasteiger partial charge in [0, 0.05) is 38.1 Å². The molecule has 0 fully saturated rings. The van der Waals surface area contributed by atoms with E-state index in [0.717, 1.165) is 12.1 Å². The molecule has 0 aliphatic rings. The third kappa shape index (κ3) is 2.71. The van der Waals surface area contributed by atoms with E-state index in [2.05, 4.69) is 42.2 Å². The van der Waals surface area contributed by atoms with Crippen molar-refractivity contribution in [2.75, 3.05) is 18.5 Å². The molecular weight excluding hydrogens is 224 g/mol. The van der Waals surface area contributed by atoms with E-state index in [0.29, 0.717) is 0 Å². The monoisotopic (exact) mass is 244 g/mol. The lowest BCUT2D eigenvalue weighted by Gasteiger charge is -2.24. The van der Waals surface area contributed by atoms with Gasteiger partial charge in [-0.2, -0.15) is 5.10 Å². The zero-order chi connectivity index (χ0) is 13.1. The van der Waals surface area contributed by atoms with Crippen molar-refractivity contribution in [1.82, 2.24) is 9.78 Å². The summed E-state index contributed by atoms with van der Waals surface area (Å²) in [5, 5.41) is 4.15. The normalized spacial score (nSPS) is 12.4. The van der Waals surface area contributed by atoms with Crippen LogP contribution in [0.5, 0.6) is 0 Å². The molecule has 2 rings (SSSR count). The van der Waals surface area contributed by atoms with Gasteiger partial charge in [0.2, 0.25) is 0 Å². The molecule has 0 spiro atoms. The summed E-state index contributed by atoms with van der Waals surface area (Å²) in [6.07, 6.45) is 3.80. The standard InChI is InChI=1S/C14H20N4/c1-11-6-4-5-7-14(11)17(2)10-13(15)12-8-16-18(3)9-12/h4-9,13H,10,15H2,1-3H3. The molecule has 0 aliphatic carbocycles. The van der Waals surface area contributed by atoms with Gasteiger partial charge in [0.25, 0.3) is 0 Å². The van der Waals surface area contributed by atoms with E-state index in [1.54, 1.807) is 4.68 Å². The lowest BCUT2D eigenvalue weighted by molar-refractivity contribution is 0.700. The van der Waals surface area contributed by atoms with Crippen molar-refractivity contribution in [3.05, 3.63) is 47.8 Å². The molecule has 4 heteroatoms. The third-order valence-electron chi connectivity index (χ3n) is 3.15. The molecular formula is C14H20N4. The summed E-state index contributed by atoms with van der Waals surface area (Å²) < 4.78 is 1.78. The molecule has 0 saturated carbocycles. The van der Waals surface area contributed by atoms with Gasteiger partial charge in [-0.15, -0.1) is 0 Å². The predicted octanol–water partition coefficient (Wildman–Crippen LogP) is 1.86. The molecule has 0 aliphatic heterocycles. The molecule has 96 valence electrons. The number of nitrogens with two attached hydrogens (primary N) is 1. The van der Waals surface area contributed by atoms with Crippen LogP contribution in [0.15, 0.2) is 36.7 Å². The van der Waals surface area contributed by atoms with E-state index < -0.39 is 0 Å². The van der Waals surface area contributed by atoms with Gasteiger partial charge in [0.15, 0.2) is 0 Å². The number of hydrogen-bond donors (Lipinski definition) is 1. The van der Waals surface area contributed by atoms with Crippen LogP contribution in [0, 0.1) is 6.92 Å². The SMILES string of the molecule is Cc1ccccc1N(C)CC(N)c1cnn(C)c1. The number of aromatic nitrogens is 2. The van der Waals surface area contributed by atoms with Crippen molar-refractivity contribution in [1.29, 1.82) is 0 Å². The zero-order valence-electron chi connectivity index (χ0n) is 11.2. The number of aryl methyl sites for hydroxylation is 2. The summed E-state index contributed by atoms with van der Waals surface area (Å²) in [5.74, 6) is 0. The Labute approximate surface area is 108 Å². The highest BCUT2D eigenvalue weighted by Crippen LogP contribution is 2.20. The molecule has 1 aromatic carbocycles. The minimum absolute atomic E-state index is 0.0247. The largest absolute Gasteiger partial charge is 0.372 e. The summed E-state index contributed by atoms with van der Waals surface area (Å²) >= 11 is 0. The van der Waals surface area contributed by atoms with Crippen LogP contribution in [0.4, 0.5) is 5.69 Å². The second kappa shape index (κ2) is 5.23. The topological polar surface area (TPSA) is 47.1 Å². The van der Waals surface area contributed by atoms with E-state index in [4.69, 9.17) is 5.73 Å². The summed E-state index contributed by atoms with van der Waals surface area (Å²) in [7, 11) is 3.97. The van der Waals surface area contributed by atoms with Gasteiger partial charge in [0.05, 0.1) is 12.2 Å². The van der Waals surface area contributed by atoms with Crippen molar-refractivity contribution in [2.45, 2.75) is 13.0 Å². The van der Waals surface area contributed by atoms with E-state index in [1.165, 1.54) is 11.3 Å². The molecule has 4 nitrogen and oxygen atoms in total. The van der Waals surface area contributed by atoms with Gasteiger partial charge in [-0.1, -0.05) is 18.2 Å². The van der Waals surface area contributed by atoms with E-state index >= 15 is 0 Å². The minimum Gasteiger partial charge on any atom is -0.372 e. The lowest BCUT2D eigenvalue weighted by Crippen LogP contribution is -2.29. The van der Waals surface area contributed by atoms with Crippen LogP contribution in [-0.2, 0) is 7.05 Å². The van der Waals surface area contributed by atoms with Gasteiger partial charge >= 0.3 is 0 Å². The average Bonchev–Trinajstić information content (AvgIpc) is 2.76. The fourth-order valence-electron chi connectivity index (χ4n) is 2.12. The Morgan fingerprint density at radius 1 is 1.39 bits per heavy atom. The second-order valence-corrected chi connectivity index (χ2v) is 4.72. The van der Waals surface area contributed by atoms with Gasteiger partial charge in [-0.05, 0) is 18.6 Å². The number of likely N-dealkylation sites (N-methyl/N-ethyl adjacent to an activating group) is 1. The van der Waals surface area contributed by atoms with Crippen molar-refractivity contribution in [3.63, 3.8) is 0 Å². The maximum Gasteiger partial charge on any atom is 0.0538 e. The number of benzene rings is 1. The zero-order valence-corrected chi connectivity index (χ0v) is 11.2. The van der Waals surface area contributed by atoms with Crippen molar-refractivity contribution < 1.29 is 0 Å². The van der Waals surface area contributed by atoms with Crippen molar-refractivity contribution >= 4 is 5.69 Å². The summed E-state index contributed by atoms with van der Waals surface area (Å²) in [4.78, 5) is 2.19. The predicted molar refractivity (Wildman–Crippen MR) is 74.6 cm³/mol. The first-order valence-electron chi connectivity index (χ1n) is 6.09. The van der Waals surface area contributed by atoms with E-state index in [1.807, 2.05) is 25.5 Å². The third-order valence-corrected chi connectivity index (χ3v) is 3.15. The lowest BCUT2D eigenvalue weighted by atomic mass is 10.1. The molecule has 2 N–H and O–H groups in total. The van der Waals surface area contributed by atoms with E-state index in [-0.39, 0.29) is 6.04 Å². The van der Waals surface area contributed by atoms with Crippen molar-refractivity contribution in [3.8, 4) is 0 Å². The molecule has 18 heavy (non-hydrogen) atoms. The molecule has 1 heterocycles. The van der Waals surface area contributed by atoms with E-state index in [9.17, 15) is 0 Å². The number of hydrogen-bond acceptors (Lipinski definition) is 3. The van der Waals surface area contributed by atoms with Crippen LogP contribution in [0.3, 0.4) is 0 Å². The smallest absolute Gasteiger partial charge is 0.0538 e. The van der Waals surface area contributed by atoms with Crippen LogP contribution in [-0.4, -0.2) is 23.4 Å². The maximum atomic E-state index is 6.20. The molecule has 0 amide bonds. The van der Waals surface area contributed by atoms with Gasteiger partial charge in [-0.25, -0.2) is 0 Å². The quantitative estimate of drug-likeness (QED) is 0.893. The highest BCUT2D eigenvalue weighted by molar-refractivity contribution is 5.52. The molecule has 1 unspecified atom stereocenters.